The topological polar surface area (TPSA) is 125 Å². The maximum Gasteiger partial charge on any atom is 0.407 e. The summed E-state index contributed by atoms with van der Waals surface area (Å²) < 4.78 is 5.60. The average molecular weight is 467 g/mol. The number of carboxylic acid groups (broad SMARTS) is 1. The second kappa shape index (κ2) is 10.3. The monoisotopic (exact) mass is 466 g/mol. The number of carbonyl (C=O) groups is 3. The van der Waals surface area contributed by atoms with E-state index in [-0.39, 0.29) is 30.4 Å². The average Bonchev–Trinajstić information content (AvgIpc) is 3.15. The molecule has 0 bridgehead atoms. The molecular weight excluding hydrogens is 436 g/mol. The number of amides is 2. The molecule has 4 N–H and O–H groups in total. The predicted octanol–water partition coefficient (Wildman–Crippen LogP) is 3.03. The molecule has 0 aromatic heterocycles. The second-order valence-corrected chi connectivity index (χ2v) is 9.08. The second-order valence-electron chi connectivity index (χ2n) is 9.08. The Morgan fingerprint density at radius 1 is 0.971 bits per heavy atom. The fraction of sp³-hybridized carbons (Fsp3) is 0.423. The fourth-order valence-electron chi connectivity index (χ4n) is 4.97. The van der Waals surface area contributed by atoms with Crippen LogP contribution in [0.2, 0.25) is 0 Å². The Balaban J connectivity index is 1.26. The Labute approximate surface area is 198 Å². The zero-order valence-electron chi connectivity index (χ0n) is 19.1. The van der Waals surface area contributed by atoms with Crippen molar-refractivity contribution >= 4 is 18.0 Å². The molecule has 4 rings (SSSR count). The molecule has 8 heteroatoms. The number of aliphatic carboxylic acids is 1. The van der Waals surface area contributed by atoms with Gasteiger partial charge in [-0.05, 0) is 54.9 Å². The van der Waals surface area contributed by atoms with E-state index < -0.39 is 24.2 Å². The summed E-state index contributed by atoms with van der Waals surface area (Å²) in [7, 11) is 0. The number of rotatable bonds is 7. The van der Waals surface area contributed by atoms with Crippen molar-refractivity contribution in [2.24, 2.45) is 5.92 Å². The van der Waals surface area contributed by atoms with Crippen molar-refractivity contribution in [1.82, 2.24) is 10.6 Å². The maximum absolute atomic E-state index is 12.5. The molecule has 0 aliphatic heterocycles. The molecule has 0 saturated heterocycles. The van der Waals surface area contributed by atoms with E-state index in [2.05, 4.69) is 34.9 Å². The summed E-state index contributed by atoms with van der Waals surface area (Å²) >= 11 is 0. The summed E-state index contributed by atoms with van der Waals surface area (Å²) in [4.78, 5) is 36.1. The van der Waals surface area contributed by atoms with Gasteiger partial charge < -0.3 is 25.6 Å². The summed E-state index contributed by atoms with van der Waals surface area (Å²) in [5.41, 5.74) is 4.65. The number of carbonyl (C=O) groups excluding carboxylic acids is 2. The van der Waals surface area contributed by atoms with E-state index in [1.165, 1.54) is 18.1 Å². The molecule has 34 heavy (non-hydrogen) atoms. The number of fused-ring (bicyclic) bond motifs is 3. The lowest BCUT2D eigenvalue weighted by atomic mass is 9.85. The van der Waals surface area contributed by atoms with Gasteiger partial charge in [0.15, 0.2) is 6.04 Å². The number of carboxylic acids is 1. The van der Waals surface area contributed by atoms with Gasteiger partial charge in [0.2, 0.25) is 5.91 Å². The van der Waals surface area contributed by atoms with Gasteiger partial charge in [-0.15, -0.1) is 0 Å². The third-order valence-corrected chi connectivity index (χ3v) is 6.81. The molecule has 2 aromatic rings. The highest BCUT2D eigenvalue weighted by atomic mass is 16.5. The Hall–Kier alpha value is -3.39. The summed E-state index contributed by atoms with van der Waals surface area (Å²) in [6.07, 6.45) is 0.560. The number of hydrogen-bond donors (Lipinski definition) is 4. The van der Waals surface area contributed by atoms with Crippen LogP contribution in [0.5, 0.6) is 0 Å². The number of ether oxygens (including phenoxy) is 1. The number of hydrogen-bond acceptors (Lipinski definition) is 5. The highest BCUT2D eigenvalue weighted by Gasteiger charge is 2.32. The minimum Gasteiger partial charge on any atom is -0.480 e. The number of nitrogens with one attached hydrogen (secondary N) is 2. The molecule has 2 amide bonds. The van der Waals surface area contributed by atoms with E-state index in [0.29, 0.717) is 25.7 Å². The van der Waals surface area contributed by atoms with E-state index >= 15 is 0 Å². The number of aliphatic hydroxyl groups is 1. The van der Waals surface area contributed by atoms with Crippen LogP contribution >= 0.6 is 0 Å². The fourth-order valence-corrected chi connectivity index (χ4v) is 4.97. The minimum atomic E-state index is -1.33. The van der Waals surface area contributed by atoms with Crippen molar-refractivity contribution < 1.29 is 29.3 Å². The van der Waals surface area contributed by atoms with Gasteiger partial charge in [0.05, 0.1) is 6.10 Å². The van der Waals surface area contributed by atoms with Crippen molar-refractivity contribution in [3.05, 3.63) is 59.7 Å². The van der Waals surface area contributed by atoms with E-state index in [1.54, 1.807) is 0 Å². The maximum atomic E-state index is 12.5. The molecule has 180 valence electrons. The lowest BCUT2D eigenvalue weighted by Crippen LogP contribution is -2.50. The van der Waals surface area contributed by atoms with Gasteiger partial charge in [0.25, 0.3) is 0 Å². The minimum absolute atomic E-state index is 0.00585. The third kappa shape index (κ3) is 5.07. The Morgan fingerprint density at radius 3 is 2.06 bits per heavy atom. The zero-order valence-corrected chi connectivity index (χ0v) is 19.1. The first-order valence-corrected chi connectivity index (χ1v) is 11.7. The van der Waals surface area contributed by atoms with Gasteiger partial charge in [-0.1, -0.05) is 48.5 Å². The Bertz CT molecular complexity index is 1020. The Kier molecular flexibility index (Phi) is 7.17. The van der Waals surface area contributed by atoms with Crippen molar-refractivity contribution in [3.8, 4) is 11.1 Å². The molecule has 1 fully saturated rings. The highest BCUT2D eigenvalue weighted by Crippen LogP contribution is 2.44. The summed E-state index contributed by atoms with van der Waals surface area (Å²) in [6, 6.07) is 14.9. The van der Waals surface area contributed by atoms with Gasteiger partial charge in [0, 0.05) is 17.9 Å². The van der Waals surface area contributed by atoms with Crippen LogP contribution in [0.15, 0.2) is 48.5 Å². The number of benzene rings is 2. The van der Waals surface area contributed by atoms with Crippen molar-refractivity contribution in [2.45, 2.75) is 56.7 Å². The normalized spacial score (nSPS) is 21.0. The van der Waals surface area contributed by atoms with Crippen LogP contribution in [0.1, 0.15) is 49.7 Å². The first-order chi connectivity index (χ1) is 16.3. The molecule has 1 saturated carbocycles. The lowest BCUT2D eigenvalue weighted by molar-refractivity contribution is -0.145. The smallest absolute Gasteiger partial charge is 0.407 e. The van der Waals surface area contributed by atoms with Gasteiger partial charge in [-0.2, -0.15) is 0 Å². The van der Waals surface area contributed by atoms with Gasteiger partial charge in [0.1, 0.15) is 6.61 Å². The molecule has 2 atom stereocenters. The first-order valence-electron chi connectivity index (χ1n) is 11.7. The van der Waals surface area contributed by atoms with Crippen LogP contribution in [-0.2, 0) is 14.3 Å². The highest BCUT2D eigenvalue weighted by molar-refractivity contribution is 5.85. The van der Waals surface area contributed by atoms with Crippen LogP contribution in [0.25, 0.3) is 11.1 Å². The SMILES string of the molecule is CC(O)C(NC(=O)C1CCC(NC(=O)OCC2c3ccccc3-c3ccccc32)CC1)C(=O)O. The van der Waals surface area contributed by atoms with Crippen LogP contribution < -0.4 is 10.6 Å². The van der Waals surface area contributed by atoms with Gasteiger partial charge >= 0.3 is 12.1 Å². The third-order valence-electron chi connectivity index (χ3n) is 6.81. The van der Waals surface area contributed by atoms with Gasteiger partial charge in [-0.3, -0.25) is 4.79 Å². The number of alkyl carbamates (subject to hydrolysis) is 1. The summed E-state index contributed by atoms with van der Waals surface area (Å²) in [6.45, 7) is 1.57. The summed E-state index contributed by atoms with van der Waals surface area (Å²) in [5, 5.41) is 24.0. The number of aliphatic hydroxyl groups excluding tert-OH is 1. The van der Waals surface area contributed by atoms with Crippen LogP contribution in [0.4, 0.5) is 4.79 Å². The lowest BCUT2D eigenvalue weighted by Gasteiger charge is -2.29. The van der Waals surface area contributed by atoms with E-state index in [9.17, 15) is 19.5 Å². The molecule has 8 nitrogen and oxygen atoms in total. The summed E-state index contributed by atoms with van der Waals surface area (Å²) in [5.74, 6) is -2.00. The van der Waals surface area contributed by atoms with E-state index in [1.807, 2.05) is 24.3 Å². The van der Waals surface area contributed by atoms with Crippen molar-refractivity contribution in [1.29, 1.82) is 0 Å². The van der Waals surface area contributed by atoms with E-state index in [0.717, 1.165) is 11.1 Å². The molecule has 2 aliphatic carbocycles. The first kappa shape index (κ1) is 23.8. The van der Waals surface area contributed by atoms with E-state index in [4.69, 9.17) is 9.84 Å². The molecule has 2 aliphatic rings. The Morgan fingerprint density at radius 2 is 1.53 bits per heavy atom. The van der Waals surface area contributed by atoms with Crippen LogP contribution in [-0.4, -0.2) is 53.0 Å². The molecule has 0 spiro atoms. The van der Waals surface area contributed by atoms with Crippen molar-refractivity contribution in [3.63, 3.8) is 0 Å². The standard InChI is InChI=1S/C26H30N2O6/c1-15(29)23(25(31)32)28-24(30)16-10-12-17(13-11-16)27-26(33)34-14-22-20-8-4-2-6-18(20)19-7-3-5-9-21(19)22/h2-9,15-17,22-23,29H,10-14H2,1H3,(H,27,33)(H,28,30)(H,31,32). The molecular formula is C26H30N2O6. The molecule has 0 heterocycles. The predicted molar refractivity (Wildman–Crippen MR) is 125 cm³/mol. The van der Waals surface area contributed by atoms with Crippen LogP contribution in [0, 0.1) is 5.92 Å². The quantitative estimate of drug-likeness (QED) is 0.497. The zero-order chi connectivity index (χ0) is 24.2. The molecule has 0 radical (unpaired) electrons. The largest absolute Gasteiger partial charge is 0.480 e. The van der Waals surface area contributed by atoms with Crippen LogP contribution in [0.3, 0.4) is 0 Å². The molecule has 2 unspecified atom stereocenters. The van der Waals surface area contributed by atoms with Gasteiger partial charge in [-0.25, -0.2) is 9.59 Å². The van der Waals surface area contributed by atoms with Crippen molar-refractivity contribution in [2.75, 3.05) is 6.61 Å². The molecule has 2 aromatic carbocycles.